The number of aliphatic carboxylic acids is 1. The Morgan fingerprint density at radius 3 is 2.52 bits per heavy atom. The first-order valence-corrected chi connectivity index (χ1v) is 8.03. The van der Waals surface area contributed by atoms with E-state index in [-0.39, 0.29) is 17.9 Å². The molecular formula is C12H22N4O4S. The normalized spacial score (nSPS) is 12.0. The first-order valence-electron chi connectivity index (χ1n) is 6.55. The minimum atomic E-state index is -3.64. The summed E-state index contributed by atoms with van der Waals surface area (Å²) in [5.41, 5.74) is 0.821. The summed E-state index contributed by atoms with van der Waals surface area (Å²) < 4.78 is 28.6. The van der Waals surface area contributed by atoms with Gasteiger partial charge in [0.25, 0.3) is 0 Å². The van der Waals surface area contributed by atoms with Gasteiger partial charge in [0, 0.05) is 13.1 Å². The highest BCUT2D eigenvalue weighted by atomic mass is 32.2. The molecule has 0 saturated carbocycles. The lowest BCUT2D eigenvalue weighted by molar-refractivity contribution is -0.137. The first kappa shape index (κ1) is 17.6. The number of carbonyl (C=O) groups is 1. The molecule has 1 aromatic heterocycles. The zero-order valence-corrected chi connectivity index (χ0v) is 13.6. The average molecular weight is 318 g/mol. The second-order valence-electron chi connectivity index (χ2n) is 5.07. The monoisotopic (exact) mass is 318 g/mol. The fraction of sp³-hybridized carbons (Fsp3) is 0.667. The summed E-state index contributed by atoms with van der Waals surface area (Å²) in [6.07, 6.45) is -0.102. The van der Waals surface area contributed by atoms with Crippen LogP contribution in [0.2, 0.25) is 0 Å². The fourth-order valence-electron chi connectivity index (χ4n) is 1.96. The maximum Gasteiger partial charge on any atom is 0.305 e. The fourth-order valence-corrected chi connectivity index (χ4v) is 3.39. The molecule has 0 aliphatic rings. The number of carboxylic acid groups (broad SMARTS) is 1. The van der Waals surface area contributed by atoms with E-state index in [1.54, 1.807) is 13.8 Å². The van der Waals surface area contributed by atoms with Crippen molar-refractivity contribution in [2.75, 3.05) is 27.2 Å². The Balaban J connectivity index is 2.93. The molecule has 1 rings (SSSR count). The van der Waals surface area contributed by atoms with E-state index in [1.807, 2.05) is 19.0 Å². The van der Waals surface area contributed by atoms with Gasteiger partial charge in [-0.2, -0.15) is 5.10 Å². The molecule has 0 atom stereocenters. The Bertz CT molecular complexity index is 607. The van der Waals surface area contributed by atoms with E-state index in [0.717, 1.165) is 0 Å². The van der Waals surface area contributed by atoms with Gasteiger partial charge in [-0.05, 0) is 27.9 Å². The number of carboxylic acids is 1. The number of likely N-dealkylation sites (N-methyl/N-ethyl adjacent to an activating group) is 1. The number of hydrogen-bond acceptors (Lipinski definition) is 5. The van der Waals surface area contributed by atoms with Crippen molar-refractivity contribution in [1.82, 2.24) is 19.4 Å². The zero-order valence-electron chi connectivity index (χ0n) is 12.8. The van der Waals surface area contributed by atoms with Gasteiger partial charge in [0.1, 0.15) is 4.90 Å². The Kier molecular flexibility index (Phi) is 5.87. The van der Waals surface area contributed by atoms with E-state index in [4.69, 9.17) is 5.11 Å². The van der Waals surface area contributed by atoms with Crippen molar-refractivity contribution in [3.8, 4) is 0 Å². The first-order chi connectivity index (χ1) is 9.65. The second kappa shape index (κ2) is 7.01. The maximum atomic E-state index is 12.3. The SMILES string of the molecule is Cc1nn(CCC(=O)O)c(C)c1S(=O)(=O)NCCN(C)C. The third-order valence-corrected chi connectivity index (χ3v) is 4.68. The molecule has 2 N–H and O–H groups in total. The van der Waals surface area contributed by atoms with Crippen molar-refractivity contribution in [2.24, 2.45) is 0 Å². The van der Waals surface area contributed by atoms with Crippen LogP contribution in [0.1, 0.15) is 17.8 Å². The third kappa shape index (κ3) is 4.80. The smallest absolute Gasteiger partial charge is 0.305 e. The molecule has 8 nitrogen and oxygen atoms in total. The second-order valence-corrected chi connectivity index (χ2v) is 6.77. The molecule has 0 unspecified atom stereocenters. The van der Waals surface area contributed by atoms with E-state index in [1.165, 1.54) is 4.68 Å². The largest absolute Gasteiger partial charge is 0.481 e. The molecule has 0 bridgehead atoms. The molecule has 0 spiro atoms. The van der Waals surface area contributed by atoms with E-state index in [9.17, 15) is 13.2 Å². The van der Waals surface area contributed by atoms with Crippen LogP contribution in [0.25, 0.3) is 0 Å². The van der Waals surface area contributed by atoms with Gasteiger partial charge in [-0.1, -0.05) is 0 Å². The van der Waals surface area contributed by atoms with Crippen molar-refractivity contribution in [2.45, 2.75) is 31.7 Å². The highest BCUT2D eigenvalue weighted by Crippen LogP contribution is 2.19. The molecule has 1 aromatic rings. The Morgan fingerprint density at radius 1 is 1.38 bits per heavy atom. The molecule has 0 fully saturated rings. The molecule has 0 radical (unpaired) electrons. The van der Waals surface area contributed by atoms with Crippen LogP contribution in [-0.4, -0.2) is 61.4 Å². The topological polar surface area (TPSA) is 105 Å². The summed E-state index contributed by atoms with van der Waals surface area (Å²) >= 11 is 0. The number of nitrogens with zero attached hydrogens (tertiary/aromatic N) is 3. The van der Waals surface area contributed by atoms with Crippen molar-refractivity contribution in [3.05, 3.63) is 11.4 Å². The number of hydrogen-bond donors (Lipinski definition) is 2. The number of rotatable bonds is 8. The van der Waals surface area contributed by atoms with Crippen molar-refractivity contribution in [3.63, 3.8) is 0 Å². The molecular weight excluding hydrogens is 296 g/mol. The van der Waals surface area contributed by atoms with Crippen LogP contribution in [-0.2, 0) is 21.4 Å². The van der Waals surface area contributed by atoms with Gasteiger partial charge in [0.2, 0.25) is 10.0 Å². The minimum Gasteiger partial charge on any atom is -0.481 e. The molecule has 120 valence electrons. The average Bonchev–Trinajstić information content (AvgIpc) is 2.61. The van der Waals surface area contributed by atoms with Crippen LogP contribution in [0, 0.1) is 13.8 Å². The van der Waals surface area contributed by atoms with E-state index in [0.29, 0.717) is 24.5 Å². The van der Waals surface area contributed by atoms with Gasteiger partial charge in [0.15, 0.2) is 0 Å². The molecule has 0 saturated heterocycles. The standard InChI is InChI=1S/C12H22N4O4S/c1-9-12(21(19,20)13-6-8-15(3)4)10(2)16(14-9)7-5-11(17)18/h13H,5-8H2,1-4H3,(H,17,18). The number of aromatic nitrogens is 2. The van der Waals surface area contributed by atoms with E-state index >= 15 is 0 Å². The molecule has 0 aliphatic heterocycles. The molecule has 0 aliphatic carbocycles. The van der Waals surface area contributed by atoms with Crippen molar-refractivity contribution in [1.29, 1.82) is 0 Å². The van der Waals surface area contributed by atoms with Gasteiger partial charge >= 0.3 is 5.97 Å². The highest BCUT2D eigenvalue weighted by Gasteiger charge is 2.24. The third-order valence-electron chi connectivity index (χ3n) is 2.97. The highest BCUT2D eigenvalue weighted by molar-refractivity contribution is 7.89. The summed E-state index contributed by atoms with van der Waals surface area (Å²) in [4.78, 5) is 12.6. The van der Waals surface area contributed by atoms with Gasteiger partial charge in [-0.3, -0.25) is 9.48 Å². The lowest BCUT2D eigenvalue weighted by Gasteiger charge is -2.11. The van der Waals surface area contributed by atoms with Crippen molar-refractivity contribution < 1.29 is 18.3 Å². The summed E-state index contributed by atoms with van der Waals surface area (Å²) in [6, 6.07) is 0. The van der Waals surface area contributed by atoms with Crippen LogP contribution < -0.4 is 4.72 Å². The summed E-state index contributed by atoms with van der Waals surface area (Å²) in [5.74, 6) is -0.948. The molecule has 1 heterocycles. The molecule has 9 heteroatoms. The number of sulfonamides is 1. The Labute approximate surface area is 124 Å². The van der Waals surface area contributed by atoms with Gasteiger partial charge in [-0.15, -0.1) is 0 Å². The predicted octanol–water partition coefficient (Wildman–Crippen LogP) is -0.185. The van der Waals surface area contributed by atoms with Crippen LogP contribution in [0.3, 0.4) is 0 Å². The van der Waals surface area contributed by atoms with Crippen LogP contribution >= 0.6 is 0 Å². The lowest BCUT2D eigenvalue weighted by atomic mass is 10.4. The predicted molar refractivity (Wildman–Crippen MR) is 77.7 cm³/mol. The summed E-state index contributed by atoms with van der Waals surface area (Å²) in [5, 5.41) is 12.8. The van der Waals surface area contributed by atoms with Crippen LogP contribution in [0.5, 0.6) is 0 Å². The Morgan fingerprint density at radius 2 is 2.00 bits per heavy atom. The summed E-state index contributed by atoms with van der Waals surface area (Å²) in [6.45, 7) is 4.27. The van der Waals surface area contributed by atoms with Gasteiger partial charge in [0.05, 0.1) is 24.4 Å². The van der Waals surface area contributed by atoms with Crippen LogP contribution in [0.15, 0.2) is 4.90 Å². The Hall–Kier alpha value is -1.45. The number of nitrogens with one attached hydrogen (secondary N) is 1. The molecule has 21 heavy (non-hydrogen) atoms. The molecule has 0 amide bonds. The van der Waals surface area contributed by atoms with E-state index < -0.39 is 16.0 Å². The lowest BCUT2D eigenvalue weighted by Crippen LogP contribution is -2.32. The van der Waals surface area contributed by atoms with Crippen LogP contribution in [0.4, 0.5) is 0 Å². The van der Waals surface area contributed by atoms with E-state index in [2.05, 4.69) is 9.82 Å². The van der Waals surface area contributed by atoms with Gasteiger partial charge in [-0.25, -0.2) is 13.1 Å². The minimum absolute atomic E-state index is 0.102. The zero-order chi connectivity index (χ0) is 16.2. The van der Waals surface area contributed by atoms with Gasteiger partial charge < -0.3 is 10.0 Å². The summed E-state index contributed by atoms with van der Waals surface area (Å²) in [7, 11) is 0.0693. The molecule has 0 aromatic carbocycles. The number of aryl methyl sites for hydroxylation is 2. The van der Waals surface area contributed by atoms with Crippen molar-refractivity contribution >= 4 is 16.0 Å². The quantitative estimate of drug-likeness (QED) is 0.689. The maximum absolute atomic E-state index is 12.3.